The average Bonchev–Trinajstić information content (AvgIpc) is 3.07. The van der Waals surface area contributed by atoms with Crippen LogP contribution in [0.3, 0.4) is 0 Å². The van der Waals surface area contributed by atoms with Crippen LogP contribution in [0.15, 0.2) is 35.7 Å². The number of nitro groups is 1. The van der Waals surface area contributed by atoms with Crippen molar-refractivity contribution >= 4 is 28.6 Å². The molecule has 0 radical (unpaired) electrons. The molecule has 2 rings (SSSR count). The molecule has 1 aromatic heterocycles. The molecule has 0 aliphatic heterocycles. The summed E-state index contributed by atoms with van der Waals surface area (Å²) in [6.45, 7) is 2.48. The maximum absolute atomic E-state index is 12.4. The Morgan fingerprint density at radius 3 is 2.79 bits per heavy atom. The third kappa shape index (κ3) is 4.30. The van der Waals surface area contributed by atoms with E-state index in [0.717, 1.165) is 0 Å². The third-order valence-electron chi connectivity index (χ3n) is 3.68. The van der Waals surface area contributed by atoms with Crippen molar-refractivity contribution in [2.75, 3.05) is 19.5 Å². The van der Waals surface area contributed by atoms with Crippen LogP contribution in [0.4, 0.5) is 11.4 Å². The van der Waals surface area contributed by atoms with E-state index in [4.69, 9.17) is 4.74 Å². The highest BCUT2D eigenvalue weighted by Gasteiger charge is 2.20. The number of likely N-dealkylation sites (N-methyl/N-ethyl adjacent to an activating group) is 1. The highest BCUT2D eigenvalue weighted by molar-refractivity contribution is 7.09. The molecule has 1 atom stereocenters. The Morgan fingerprint density at radius 2 is 2.21 bits per heavy atom. The molecular formula is C16H19N3O4S. The smallest absolute Gasteiger partial charge is 0.273 e. The van der Waals surface area contributed by atoms with E-state index in [1.807, 2.05) is 29.5 Å². The number of methoxy groups -OCH3 is 1. The second-order valence-corrected chi connectivity index (χ2v) is 6.33. The Hall–Kier alpha value is -2.45. The number of nitro benzene ring substituents is 1. The third-order valence-corrected chi connectivity index (χ3v) is 4.54. The summed E-state index contributed by atoms with van der Waals surface area (Å²) in [7, 11) is 3.28. The minimum atomic E-state index is -0.508. The molecule has 1 amide bonds. The first kappa shape index (κ1) is 17.9. The van der Waals surface area contributed by atoms with Gasteiger partial charge in [-0.2, -0.15) is 0 Å². The highest BCUT2D eigenvalue weighted by Crippen LogP contribution is 2.29. The van der Waals surface area contributed by atoms with Crippen molar-refractivity contribution in [3.8, 4) is 5.75 Å². The fourth-order valence-corrected chi connectivity index (χ4v) is 2.89. The molecule has 2 aromatic rings. The Morgan fingerprint density at radius 1 is 1.46 bits per heavy atom. The summed E-state index contributed by atoms with van der Waals surface area (Å²) < 4.78 is 5.13. The number of anilines is 1. The molecule has 0 saturated carbocycles. The number of hydrogen-bond acceptors (Lipinski definition) is 6. The molecule has 1 N–H and O–H groups in total. The van der Waals surface area contributed by atoms with Gasteiger partial charge in [-0.15, -0.1) is 11.3 Å². The number of ether oxygens (including phenoxy) is 1. The van der Waals surface area contributed by atoms with E-state index in [-0.39, 0.29) is 23.4 Å². The first-order valence-electron chi connectivity index (χ1n) is 7.28. The summed E-state index contributed by atoms with van der Waals surface area (Å²) in [5.74, 6) is 0.0480. The number of non-ortho nitro benzene ring substituents is 1. The lowest BCUT2D eigenvalue weighted by Crippen LogP contribution is -2.39. The summed E-state index contributed by atoms with van der Waals surface area (Å²) in [5, 5.41) is 15.6. The number of nitrogens with one attached hydrogen (secondary N) is 1. The summed E-state index contributed by atoms with van der Waals surface area (Å²) in [4.78, 5) is 25.8. The van der Waals surface area contributed by atoms with Crippen LogP contribution in [0.5, 0.6) is 5.75 Å². The molecule has 0 bridgehead atoms. The van der Waals surface area contributed by atoms with Gasteiger partial charge in [0.15, 0.2) is 0 Å². The van der Waals surface area contributed by atoms with Gasteiger partial charge in [-0.25, -0.2) is 0 Å². The van der Waals surface area contributed by atoms with Crippen LogP contribution in [0.25, 0.3) is 0 Å². The lowest BCUT2D eigenvalue weighted by Gasteiger charge is -2.23. The van der Waals surface area contributed by atoms with Gasteiger partial charge in [-0.1, -0.05) is 6.07 Å². The van der Waals surface area contributed by atoms with Gasteiger partial charge in [0.2, 0.25) is 5.91 Å². The van der Waals surface area contributed by atoms with Gasteiger partial charge in [0.1, 0.15) is 5.75 Å². The zero-order valence-corrected chi connectivity index (χ0v) is 14.5. The Labute approximate surface area is 144 Å². The molecule has 7 nitrogen and oxygen atoms in total. The van der Waals surface area contributed by atoms with Crippen LogP contribution in [0, 0.1) is 10.1 Å². The number of amides is 1. The van der Waals surface area contributed by atoms with E-state index in [1.54, 1.807) is 18.3 Å². The Bertz CT molecular complexity index is 718. The number of nitrogens with zero attached hydrogens (tertiary/aromatic N) is 2. The largest absolute Gasteiger partial charge is 0.494 e. The molecule has 0 fully saturated rings. The van der Waals surface area contributed by atoms with E-state index in [9.17, 15) is 14.9 Å². The number of carbonyl (C=O) groups excluding carboxylic acids is 1. The summed E-state index contributed by atoms with van der Waals surface area (Å²) in [6.07, 6.45) is 0. The number of carbonyl (C=O) groups is 1. The molecule has 0 spiro atoms. The van der Waals surface area contributed by atoms with Crippen molar-refractivity contribution in [3.63, 3.8) is 0 Å². The van der Waals surface area contributed by atoms with Crippen LogP contribution in [0.2, 0.25) is 0 Å². The fourth-order valence-electron chi connectivity index (χ4n) is 2.12. The van der Waals surface area contributed by atoms with Crippen LogP contribution in [-0.2, 0) is 11.3 Å². The molecule has 1 aromatic carbocycles. The Kier molecular flexibility index (Phi) is 5.88. The van der Waals surface area contributed by atoms with Crippen molar-refractivity contribution in [3.05, 3.63) is 50.7 Å². The second kappa shape index (κ2) is 7.89. The van der Waals surface area contributed by atoms with E-state index >= 15 is 0 Å². The van der Waals surface area contributed by atoms with Crippen molar-refractivity contribution in [1.82, 2.24) is 4.90 Å². The summed E-state index contributed by atoms with van der Waals surface area (Å²) >= 11 is 1.64. The van der Waals surface area contributed by atoms with Gasteiger partial charge >= 0.3 is 0 Å². The van der Waals surface area contributed by atoms with Gasteiger partial charge in [-0.3, -0.25) is 19.8 Å². The van der Waals surface area contributed by atoms with E-state index in [2.05, 4.69) is 5.32 Å². The molecule has 24 heavy (non-hydrogen) atoms. The monoisotopic (exact) mass is 349 g/mol. The molecule has 128 valence electrons. The van der Waals surface area contributed by atoms with Crippen LogP contribution in [-0.4, -0.2) is 35.9 Å². The average molecular weight is 349 g/mol. The van der Waals surface area contributed by atoms with Gasteiger partial charge in [-0.05, 0) is 31.5 Å². The van der Waals surface area contributed by atoms with Crippen LogP contribution in [0.1, 0.15) is 11.8 Å². The number of rotatable bonds is 7. The van der Waals surface area contributed by atoms with Crippen molar-refractivity contribution < 1.29 is 14.5 Å². The lowest BCUT2D eigenvalue weighted by molar-refractivity contribution is -0.384. The zero-order valence-electron chi connectivity index (χ0n) is 13.7. The lowest BCUT2D eigenvalue weighted by atomic mass is 10.2. The highest BCUT2D eigenvalue weighted by atomic mass is 32.1. The predicted molar refractivity (Wildman–Crippen MR) is 93.5 cm³/mol. The molecule has 1 heterocycles. The molecule has 0 saturated heterocycles. The first-order chi connectivity index (χ1) is 11.4. The van der Waals surface area contributed by atoms with Crippen LogP contribution >= 0.6 is 11.3 Å². The quantitative estimate of drug-likeness (QED) is 0.613. The number of hydrogen-bond donors (Lipinski definition) is 1. The SMILES string of the molecule is COc1cc([N+](=O)[O-])ccc1NC(=O)[C@H](C)N(C)Cc1cccs1. The van der Waals surface area contributed by atoms with Crippen LogP contribution < -0.4 is 10.1 Å². The topological polar surface area (TPSA) is 84.7 Å². The van der Waals surface area contributed by atoms with Gasteiger partial charge in [0.05, 0.1) is 29.8 Å². The summed E-state index contributed by atoms with van der Waals surface area (Å²) in [6, 6.07) is 7.71. The normalized spacial score (nSPS) is 12.0. The first-order valence-corrected chi connectivity index (χ1v) is 8.16. The van der Waals surface area contributed by atoms with Crippen molar-refractivity contribution in [2.45, 2.75) is 19.5 Å². The molecule has 0 aliphatic rings. The van der Waals surface area contributed by atoms with E-state index < -0.39 is 4.92 Å². The molecule has 0 unspecified atom stereocenters. The van der Waals surface area contributed by atoms with Crippen molar-refractivity contribution in [2.24, 2.45) is 0 Å². The second-order valence-electron chi connectivity index (χ2n) is 5.30. The molecule has 8 heteroatoms. The fraction of sp³-hybridized carbons (Fsp3) is 0.312. The van der Waals surface area contributed by atoms with Gasteiger partial charge in [0.25, 0.3) is 5.69 Å². The minimum Gasteiger partial charge on any atom is -0.494 e. The molecule has 0 aliphatic carbocycles. The standard InChI is InChI=1S/C16H19N3O4S/c1-11(18(2)10-13-5-4-8-24-13)16(20)17-14-7-6-12(19(21)22)9-15(14)23-3/h4-9,11H,10H2,1-3H3,(H,17,20)/t11-/m0/s1. The predicted octanol–water partition coefficient (Wildman–Crippen LogP) is 3.12. The Balaban J connectivity index is 2.06. The van der Waals surface area contributed by atoms with Gasteiger partial charge in [0, 0.05) is 17.5 Å². The number of benzene rings is 1. The minimum absolute atomic E-state index is 0.0901. The zero-order chi connectivity index (χ0) is 17.7. The maximum Gasteiger partial charge on any atom is 0.273 e. The molecular weight excluding hydrogens is 330 g/mol. The number of thiophene rings is 1. The maximum atomic E-state index is 12.4. The summed E-state index contributed by atoms with van der Waals surface area (Å²) in [5.41, 5.74) is 0.317. The van der Waals surface area contributed by atoms with E-state index in [1.165, 1.54) is 30.2 Å². The van der Waals surface area contributed by atoms with Gasteiger partial charge < -0.3 is 10.1 Å². The van der Waals surface area contributed by atoms with E-state index in [0.29, 0.717) is 12.2 Å². The van der Waals surface area contributed by atoms with Crippen molar-refractivity contribution in [1.29, 1.82) is 0 Å².